The van der Waals surface area contributed by atoms with E-state index in [1.54, 1.807) is 0 Å². The molecule has 0 saturated carbocycles. The van der Waals surface area contributed by atoms with Gasteiger partial charge in [0.1, 0.15) is 0 Å². The van der Waals surface area contributed by atoms with E-state index in [0.717, 1.165) is 5.52 Å². The monoisotopic (exact) mass is 646 g/mol. The summed E-state index contributed by atoms with van der Waals surface area (Å²) in [5.41, 5.74) is 18.9. The maximum atomic E-state index is 3.92. The molecule has 0 unspecified atom stereocenters. The van der Waals surface area contributed by atoms with Gasteiger partial charge in [0.2, 0.25) is 0 Å². The molecule has 0 saturated heterocycles. The molecule has 2 heteroatoms. The molecule has 10 aromatic rings. The molecule has 2 heterocycles. The molecule has 1 spiro atoms. The Morgan fingerprint density at radius 2 is 0.980 bits per heavy atom. The number of hydrogen-bond acceptors (Lipinski definition) is 0. The van der Waals surface area contributed by atoms with Crippen molar-refractivity contribution in [3.05, 3.63) is 198 Å². The van der Waals surface area contributed by atoms with Crippen LogP contribution in [-0.2, 0) is 5.41 Å². The third-order valence-electron chi connectivity index (χ3n) is 11.8. The number of nitrogens with one attached hydrogen (secondary N) is 1. The highest BCUT2D eigenvalue weighted by atomic mass is 15.0. The Kier molecular flexibility index (Phi) is 5.20. The number of H-pyrrole nitrogens is 1. The quantitative estimate of drug-likeness (QED) is 0.193. The number of fused-ring (bicyclic) bond motifs is 17. The van der Waals surface area contributed by atoms with Crippen molar-refractivity contribution in [3.8, 4) is 39.1 Å². The van der Waals surface area contributed by atoms with Gasteiger partial charge in [0.25, 0.3) is 0 Å². The zero-order chi connectivity index (χ0) is 33.3. The zero-order valence-electron chi connectivity index (χ0n) is 27.7. The van der Waals surface area contributed by atoms with Crippen LogP contribution in [0.2, 0.25) is 0 Å². The molecule has 2 aliphatic carbocycles. The molecule has 236 valence electrons. The van der Waals surface area contributed by atoms with E-state index in [4.69, 9.17) is 0 Å². The van der Waals surface area contributed by atoms with Gasteiger partial charge in [0.05, 0.1) is 22.0 Å². The van der Waals surface area contributed by atoms with Gasteiger partial charge in [0, 0.05) is 38.3 Å². The average molecular weight is 647 g/mol. The molecule has 0 amide bonds. The molecule has 0 atom stereocenters. The van der Waals surface area contributed by atoms with E-state index in [-0.39, 0.29) is 5.41 Å². The van der Waals surface area contributed by atoms with Crippen LogP contribution in [-0.4, -0.2) is 9.55 Å². The largest absolute Gasteiger partial charge is 0.354 e. The second kappa shape index (κ2) is 9.74. The number of nitrogens with zero attached hydrogens (tertiary/aromatic N) is 1. The number of aromatic amines is 1. The molecule has 1 N–H and O–H groups in total. The fourth-order valence-corrected chi connectivity index (χ4v) is 9.74. The maximum absolute atomic E-state index is 3.92. The lowest BCUT2D eigenvalue weighted by Gasteiger charge is -2.30. The van der Waals surface area contributed by atoms with Crippen LogP contribution in [0.3, 0.4) is 0 Å². The molecule has 51 heavy (non-hydrogen) atoms. The van der Waals surface area contributed by atoms with Crippen molar-refractivity contribution in [1.29, 1.82) is 0 Å². The van der Waals surface area contributed by atoms with Gasteiger partial charge in [-0.25, -0.2) is 0 Å². The van der Waals surface area contributed by atoms with Crippen LogP contribution < -0.4 is 0 Å². The first kappa shape index (κ1) is 27.2. The van der Waals surface area contributed by atoms with E-state index in [9.17, 15) is 0 Å². The van der Waals surface area contributed by atoms with Crippen molar-refractivity contribution >= 4 is 43.6 Å². The predicted octanol–water partition coefficient (Wildman–Crippen LogP) is 12.4. The van der Waals surface area contributed by atoms with Crippen LogP contribution in [0, 0.1) is 0 Å². The van der Waals surface area contributed by atoms with Crippen LogP contribution in [0.15, 0.2) is 176 Å². The summed E-state index contributed by atoms with van der Waals surface area (Å²) in [4.78, 5) is 3.92. The zero-order valence-corrected chi connectivity index (χ0v) is 27.7. The van der Waals surface area contributed by atoms with Gasteiger partial charge in [0.15, 0.2) is 0 Å². The first-order chi connectivity index (χ1) is 25.3. The standard InChI is InChI=1S/C49H30N2/c1-2-12-32(13-3-1)51-45-21-11-7-16-35(45)39-29-31(23-27-46(39)51)30-22-26-44-38(28-30)36-24-25-43-47(48(36)50-44)37-17-6-10-20-42(37)49(43)40-18-8-4-14-33(40)34-15-5-9-19-41(34)49/h1-29,50H. The van der Waals surface area contributed by atoms with Gasteiger partial charge in [-0.05, 0) is 92.5 Å². The number of benzene rings is 8. The third kappa shape index (κ3) is 3.37. The Balaban J connectivity index is 1.08. The van der Waals surface area contributed by atoms with Crippen molar-refractivity contribution in [2.24, 2.45) is 0 Å². The highest BCUT2D eigenvalue weighted by molar-refractivity contribution is 6.16. The van der Waals surface area contributed by atoms with Crippen LogP contribution in [0.5, 0.6) is 0 Å². The van der Waals surface area contributed by atoms with Gasteiger partial charge in [-0.2, -0.15) is 0 Å². The van der Waals surface area contributed by atoms with Crippen molar-refractivity contribution in [2.45, 2.75) is 5.41 Å². The molecular formula is C49H30N2. The van der Waals surface area contributed by atoms with E-state index < -0.39 is 0 Å². The highest BCUT2D eigenvalue weighted by Crippen LogP contribution is 2.63. The van der Waals surface area contributed by atoms with E-state index in [1.807, 2.05) is 0 Å². The first-order valence-electron chi connectivity index (χ1n) is 17.8. The number of rotatable bonds is 2. The summed E-state index contributed by atoms with van der Waals surface area (Å²) in [6.45, 7) is 0. The van der Waals surface area contributed by atoms with Crippen LogP contribution >= 0.6 is 0 Å². The maximum Gasteiger partial charge on any atom is 0.0726 e. The lowest BCUT2D eigenvalue weighted by atomic mass is 9.70. The van der Waals surface area contributed by atoms with Crippen LogP contribution in [0.1, 0.15) is 22.3 Å². The molecule has 0 aliphatic heterocycles. The molecule has 0 radical (unpaired) electrons. The third-order valence-corrected chi connectivity index (χ3v) is 11.8. The topological polar surface area (TPSA) is 20.7 Å². The Morgan fingerprint density at radius 1 is 0.392 bits per heavy atom. The van der Waals surface area contributed by atoms with Crippen LogP contribution in [0.25, 0.3) is 82.7 Å². The van der Waals surface area contributed by atoms with E-state index >= 15 is 0 Å². The average Bonchev–Trinajstić information content (AvgIpc) is 3.91. The number of para-hydroxylation sites is 2. The fraction of sp³-hybridized carbons (Fsp3) is 0.0204. The van der Waals surface area contributed by atoms with E-state index in [0.29, 0.717) is 0 Å². The fourth-order valence-electron chi connectivity index (χ4n) is 9.74. The summed E-state index contributed by atoms with van der Waals surface area (Å²) in [5, 5.41) is 5.05. The Bertz CT molecular complexity index is 3040. The van der Waals surface area contributed by atoms with Crippen molar-refractivity contribution in [1.82, 2.24) is 9.55 Å². The summed E-state index contributed by atoms with van der Waals surface area (Å²) in [6, 6.07) is 65.2. The minimum Gasteiger partial charge on any atom is -0.354 e. The minimum atomic E-state index is -0.343. The lowest BCUT2D eigenvalue weighted by Crippen LogP contribution is -2.25. The predicted molar refractivity (Wildman–Crippen MR) is 212 cm³/mol. The van der Waals surface area contributed by atoms with E-state index in [1.165, 1.54) is 99.4 Å². The smallest absolute Gasteiger partial charge is 0.0726 e. The van der Waals surface area contributed by atoms with Gasteiger partial charge in [-0.3, -0.25) is 0 Å². The molecule has 12 rings (SSSR count). The second-order valence-electron chi connectivity index (χ2n) is 14.1. The molecule has 0 fully saturated rings. The number of aromatic nitrogens is 2. The summed E-state index contributed by atoms with van der Waals surface area (Å²) in [5.74, 6) is 0. The normalized spacial score (nSPS) is 13.6. The molecule has 8 aromatic carbocycles. The Labute approximate surface area is 294 Å². The lowest BCUT2D eigenvalue weighted by molar-refractivity contribution is 0.794. The van der Waals surface area contributed by atoms with Gasteiger partial charge in [-0.15, -0.1) is 0 Å². The summed E-state index contributed by atoms with van der Waals surface area (Å²) >= 11 is 0. The van der Waals surface area contributed by atoms with Crippen molar-refractivity contribution in [2.75, 3.05) is 0 Å². The van der Waals surface area contributed by atoms with Crippen molar-refractivity contribution in [3.63, 3.8) is 0 Å². The Hall–Kier alpha value is -6.64. The summed E-state index contributed by atoms with van der Waals surface area (Å²) < 4.78 is 2.38. The van der Waals surface area contributed by atoms with E-state index in [2.05, 4.69) is 185 Å². The number of hydrogen-bond donors (Lipinski definition) is 1. The molecule has 2 aliphatic rings. The SMILES string of the molecule is c1ccc(-n2c3ccccc3c3cc(-c4ccc5[nH]c6c7c(ccc6c5c4)C4(c5ccccc5-c5ccccc54)c4ccccc4-7)ccc32)cc1. The van der Waals surface area contributed by atoms with Gasteiger partial charge >= 0.3 is 0 Å². The van der Waals surface area contributed by atoms with Crippen molar-refractivity contribution < 1.29 is 0 Å². The summed E-state index contributed by atoms with van der Waals surface area (Å²) in [6.07, 6.45) is 0. The highest BCUT2D eigenvalue weighted by Gasteiger charge is 2.52. The van der Waals surface area contributed by atoms with Gasteiger partial charge < -0.3 is 9.55 Å². The molecule has 2 nitrogen and oxygen atoms in total. The van der Waals surface area contributed by atoms with Gasteiger partial charge in [-0.1, -0.05) is 133 Å². The first-order valence-corrected chi connectivity index (χ1v) is 17.8. The van der Waals surface area contributed by atoms with Crippen LogP contribution in [0.4, 0.5) is 0 Å². The molecule has 2 aromatic heterocycles. The molecular weight excluding hydrogens is 617 g/mol. The minimum absolute atomic E-state index is 0.343. The summed E-state index contributed by atoms with van der Waals surface area (Å²) in [7, 11) is 0. The second-order valence-corrected chi connectivity index (χ2v) is 14.1. The Morgan fingerprint density at radius 3 is 1.75 bits per heavy atom. The molecule has 0 bridgehead atoms.